The van der Waals surface area contributed by atoms with Crippen LogP contribution in [-0.4, -0.2) is 30.0 Å². The molecular weight excluding hydrogens is 540 g/mol. The summed E-state index contributed by atoms with van der Waals surface area (Å²) in [6.07, 6.45) is -0.677. The third kappa shape index (κ3) is 7.84. The number of hydrogen-bond acceptors (Lipinski definition) is 5. The number of carbonyl (C=O) groups excluding carboxylic acids is 2. The molecule has 1 heterocycles. The van der Waals surface area contributed by atoms with Crippen molar-refractivity contribution in [3.05, 3.63) is 46.9 Å². The summed E-state index contributed by atoms with van der Waals surface area (Å²) < 4.78 is 66.2. The molecule has 1 aliphatic carbocycles. The van der Waals surface area contributed by atoms with Crippen LogP contribution in [0.2, 0.25) is 0 Å². The van der Waals surface area contributed by atoms with E-state index < -0.39 is 41.2 Å². The lowest BCUT2D eigenvalue weighted by molar-refractivity contribution is -0.139. The van der Waals surface area contributed by atoms with Gasteiger partial charge in [0.25, 0.3) is 0 Å². The topological polar surface area (TPSA) is 68.7 Å². The monoisotopic (exact) mass is 574 g/mol. The molecule has 1 aromatic heterocycles. The zero-order valence-corrected chi connectivity index (χ0v) is 23.8. The summed E-state index contributed by atoms with van der Waals surface area (Å²) in [6, 6.07) is 2.15. The van der Waals surface area contributed by atoms with Crippen molar-refractivity contribution < 1.29 is 36.6 Å². The van der Waals surface area contributed by atoms with Crippen molar-refractivity contribution in [2.45, 2.75) is 78.4 Å². The van der Waals surface area contributed by atoms with Crippen LogP contribution in [-0.2, 0) is 21.6 Å². The van der Waals surface area contributed by atoms with Crippen LogP contribution in [0.5, 0.6) is 11.6 Å². The fraction of sp³-hybridized carbons (Fsp3) is 0.536. The Hall–Kier alpha value is -2.88. The molecule has 3 rings (SSSR count). The zero-order chi connectivity index (χ0) is 29.5. The summed E-state index contributed by atoms with van der Waals surface area (Å²) >= 11 is 5.63. The molecule has 1 aliphatic rings. The molecule has 216 valence electrons. The average Bonchev–Trinajstić information content (AvgIpc) is 2.90. The number of pyridine rings is 1. The van der Waals surface area contributed by atoms with Crippen molar-refractivity contribution >= 4 is 29.2 Å². The minimum Gasteiger partial charge on any atom is -0.465 e. The number of nitrogens with zero attached hydrogens (tertiary/aromatic N) is 2. The summed E-state index contributed by atoms with van der Waals surface area (Å²) in [5, 5.41) is 0. The maximum atomic E-state index is 15.3. The van der Waals surface area contributed by atoms with Crippen LogP contribution in [0, 0.1) is 17.7 Å². The van der Waals surface area contributed by atoms with Gasteiger partial charge >= 0.3 is 12.1 Å². The van der Waals surface area contributed by atoms with Gasteiger partial charge in [0.1, 0.15) is 5.56 Å². The molecule has 6 nitrogen and oxygen atoms in total. The molecule has 0 bridgehead atoms. The van der Waals surface area contributed by atoms with Crippen molar-refractivity contribution in [3.63, 3.8) is 0 Å². The van der Waals surface area contributed by atoms with Crippen LogP contribution in [0.1, 0.15) is 81.8 Å². The van der Waals surface area contributed by atoms with Gasteiger partial charge in [0.2, 0.25) is 11.8 Å². The van der Waals surface area contributed by atoms with Gasteiger partial charge in [-0.05, 0) is 57.1 Å². The van der Waals surface area contributed by atoms with Crippen LogP contribution in [0.3, 0.4) is 0 Å². The number of hydrogen-bond donors (Lipinski definition) is 0. The number of carbonyl (C=O) groups is 2. The first-order valence-electron chi connectivity index (χ1n) is 12.9. The smallest absolute Gasteiger partial charge is 0.421 e. The molecule has 0 N–H and O–H groups in total. The van der Waals surface area contributed by atoms with E-state index in [4.69, 9.17) is 21.1 Å². The highest BCUT2D eigenvalue weighted by atomic mass is 35.5. The minimum atomic E-state index is -4.86. The lowest BCUT2D eigenvalue weighted by atomic mass is 9.82. The maximum absolute atomic E-state index is 15.3. The number of aromatic nitrogens is 1. The molecule has 1 fully saturated rings. The van der Waals surface area contributed by atoms with E-state index in [1.165, 1.54) is 4.90 Å². The zero-order valence-electron chi connectivity index (χ0n) is 23.0. The third-order valence-electron chi connectivity index (χ3n) is 6.41. The Kier molecular flexibility index (Phi) is 11.6. The Morgan fingerprint density at radius 1 is 1.13 bits per heavy atom. The number of esters is 1. The molecule has 0 unspecified atom stereocenters. The van der Waals surface area contributed by atoms with E-state index in [9.17, 15) is 22.8 Å². The van der Waals surface area contributed by atoms with Crippen molar-refractivity contribution in [2.24, 2.45) is 11.8 Å². The molecule has 11 heteroatoms. The Bertz CT molecular complexity index is 1150. The fourth-order valence-corrected chi connectivity index (χ4v) is 4.55. The van der Waals surface area contributed by atoms with Crippen LogP contribution in [0.15, 0.2) is 24.4 Å². The quantitative estimate of drug-likeness (QED) is 0.190. The van der Waals surface area contributed by atoms with Gasteiger partial charge in [-0.2, -0.15) is 13.2 Å². The second-order valence-corrected chi connectivity index (χ2v) is 9.75. The van der Waals surface area contributed by atoms with Gasteiger partial charge in [0, 0.05) is 36.2 Å². The van der Waals surface area contributed by atoms with Crippen molar-refractivity contribution in [3.8, 4) is 11.6 Å². The summed E-state index contributed by atoms with van der Waals surface area (Å²) in [5.74, 6) is -3.82. The van der Waals surface area contributed by atoms with Crippen LogP contribution in [0.25, 0.3) is 0 Å². The Morgan fingerprint density at radius 2 is 1.74 bits per heavy atom. The summed E-state index contributed by atoms with van der Waals surface area (Å²) in [6.45, 7) is 9.57. The van der Waals surface area contributed by atoms with E-state index >= 15 is 4.39 Å². The Morgan fingerprint density at radius 3 is 2.26 bits per heavy atom. The number of benzene rings is 1. The normalized spacial score (nSPS) is 17.2. The molecule has 1 aromatic carbocycles. The molecule has 1 amide bonds. The van der Waals surface area contributed by atoms with E-state index in [0.717, 1.165) is 44.3 Å². The number of alkyl halides is 4. The predicted octanol–water partition coefficient (Wildman–Crippen LogP) is 8.15. The first kappa shape index (κ1) is 32.3. The van der Waals surface area contributed by atoms with Gasteiger partial charge in [0.15, 0.2) is 11.6 Å². The van der Waals surface area contributed by atoms with Crippen LogP contribution < -0.4 is 9.64 Å². The van der Waals surface area contributed by atoms with E-state index in [1.54, 1.807) is 13.8 Å². The number of methoxy groups -OCH3 is 1. The van der Waals surface area contributed by atoms with Crippen molar-refractivity contribution in [1.29, 1.82) is 0 Å². The lowest BCUT2D eigenvalue weighted by Gasteiger charge is -2.34. The number of anilines is 1. The van der Waals surface area contributed by atoms with Gasteiger partial charge in [-0.1, -0.05) is 20.8 Å². The van der Waals surface area contributed by atoms with Crippen molar-refractivity contribution in [2.75, 3.05) is 12.0 Å². The minimum absolute atomic E-state index is 0.0446. The molecule has 0 saturated heterocycles. The Labute approximate surface area is 231 Å². The fourth-order valence-electron chi connectivity index (χ4n) is 4.41. The van der Waals surface area contributed by atoms with Crippen molar-refractivity contribution in [1.82, 2.24) is 4.98 Å². The van der Waals surface area contributed by atoms with E-state index in [0.29, 0.717) is 18.8 Å². The number of ether oxygens (including phenoxy) is 2. The van der Waals surface area contributed by atoms with Gasteiger partial charge in [0.05, 0.1) is 18.4 Å². The lowest BCUT2D eigenvalue weighted by Crippen LogP contribution is -2.43. The predicted molar refractivity (Wildman–Crippen MR) is 142 cm³/mol. The highest BCUT2D eigenvalue weighted by Crippen LogP contribution is 2.40. The summed E-state index contributed by atoms with van der Waals surface area (Å²) in [5.41, 5.74) is -1.43. The molecule has 0 atom stereocenters. The van der Waals surface area contributed by atoms with Gasteiger partial charge in [-0.3, -0.25) is 4.79 Å². The second-order valence-electron chi connectivity index (χ2n) is 9.48. The van der Waals surface area contributed by atoms with E-state index in [2.05, 4.69) is 11.9 Å². The molecule has 0 aliphatic heterocycles. The molecule has 39 heavy (non-hydrogen) atoms. The SMILES string of the molecule is CC.COC(=O)c1cc(Oc2ncc(CCl)cc2C(F)(F)F)c(F)cc1N(C(=O)C1CCC(C)CC1)C(C)C. The van der Waals surface area contributed by atoms with E-state index in [-0.39, 0.29) is 34.5 Å². The largest absolute Gasteiger partial charge is 0.465 e. The first-order valence-corrected chi connectivity index (χ1v) is 13.5. The molecule has 2 aromatic rings. The number of rotatable bonds is 7. The highest BCUT2D eigenvalue weighted by molar-refractivity contribution is 6.17. The van der Waals surface area contributed by atoms with Crippen LogP contribution >= 0.6 is 11.6 Å². The molecule has 1 saturated carbocycles. The standard InChI is InChI=1S/C26H29ClF4N2O4.C2H6/c1-14(2)33(24(34)17-7-5-15(3)6-8-17)21-11-20(28)22(10-18(21)25(35)36-4)37-23-19(26(29,30)31)9-16(12-27)13-32-23;1-2/h9-11,13-15,17H,5-8,12H2,1-4H3;1-2H3. The summed E-state index contributed by atoms with van der Waals surface area (Å²) in [7, 11) is 1.11. The maximum Gasteiger partial charge on any atom is 0.421 e. The first-order chi connectivity index (χ1) is 18.4. The molecule has 0 radical (unpaired) electrons. The number of amides is 1. The average molecular weight is 575 g/mol. The Balaban J connectivity index is 0.00000260. The van der Waals surface area contributed by atoms with Crippen LogP contribution in [0.4, 0.5) is 23.2 Å². The van der Waals surface area contributed by atoms with Gasteiger partial charge < -0.3 is 14.4 Å². The second kappa shape index (κ2) is 14.0. The molecular formula is C28H35ClF4N2O4. The van der Waals surface area contributed by atoms with E-state index in [1.807, 2.05) is 13.8 Å². The van der Waals surface area contributed by atoms with Gasteiger partial charge in [-0.15, -0.1) is 11.6 Å². The number of halogens is 5. The summed E-state index contributed by atoms with van der Waals surface area (Å²) in [4.78, 5) is 31.2. The molecule has 0 spiro atoms. The third-order valence-corrected chi connectivity index (χ3v) is 6.72. The highest BCUT2D eigenvalue weighted by Gasteiger charge is 2.37. The van der Waals surface area contributed by atoms with Gasteiger partial charge in [-0.25, -0.2) is 14.2 Å².